The molecule has 0 unspecified atom stereocenters. The van der Waals surface area contributed by atoms with Crippen LogP contribution < -0.4 is 0 Å². The Bertz CT molecular complexity index is 1790. The first-order valence-electron chi connectivity index (χ1n) is 24.4. The number of unbranched alkanes of at least 4 members (excludes halogenated alkanes) is 12. The molecule has 0 aliphatic heterocycles. The van der Waals surface area contributed by atoms with Crippen molar-refractivity contribution in [2.75, 3.05) is 0 Å². The van der Waals surface area contributed by atoms with E-state index in [1.165, 1.54) is 68.9 Å². The quantitative estimate of drug-likeness (QED) is 0.0491. The molecule has 0 bridgehead atoms. The summed E-state index contributed by atoms with van der Waals surface area (Å²) >= 11 is 0. The lowest BCUT2D eigenvalue weighted by molar-refractivity contribution is 0.506. The summed E-state index contributed by atoms with van der Waals surface area (Å²) in [5.74, 6) is 0. The van der Waals surface area contributed by atoms with Crippen molar-refractivity contribution in [2.45, 2.75) is 222 Å². The van der Waals surface area contributed by atoms with Crippen LogP contribution in [0.2, 0.25) is 0 Å². The zero-order valence-electron chi connectivity index (χ0n) is 39.0. The number of benzene rings is 4. The highest BCUT2D eigenvalue weighted by atomic mass is 32.3. The van der Waals surface area contributed by atoms with Gasteiger partial charge in [0.1, 0.15) is 0 Å². The van der Waals surface area contributed by atoms with Crippen LogP contribution in [-0.2, 0) is 52.3 Å². The summed E-state index contributed by atoms with van der Waals surface area (Å²) in [5.41, 5.74) is 9.01. The molecular weight excluding hydrogens is 773 g/mol. The highest BCUT2D eigenvalue weighted by Gasteiger charge is 2.44. The Balaban J connectivity index is 2.30. The third-order valence-corrected chi connectivity index (χ3v) is 17.6. The van der Waals surface area contributed by atoms with Crippen molar-refractivity contribution in [1.82, 2.24) is 0 Å². The van der Waals surface area contributed by atoms with E-state index in [9.17, 15) is 0 Å². The van der Waals surface area contributed by atoms with E-state index in [-0.39, 0.29) is 4.90 Å². The summed E-state index contributed by atoms with van der Waals surface area (Å²) in [6.45, 7) is 15.7. The lowest BCUT2D eigenvalue weighted by Gasteiger charge is -2.44. The molecule has 0 saturated carbocycles. The van der Waals surface area contributed by atoms with Crippen molar-refractivity contribution in [3.63, 3.8) is 0 Å². The van der Waals surface area contributed by atoms with Crippen LogP contribution in [0.4, 0.5) is 0 Å². The minimum atomic E-state index is -4.27. The average molecular weight is 855 g/mol. The molecule has 60 heavy (non-hydrogen) atoms. The Morgan fingerprint density at radius 2 is 0.733 bits per heavy atom. The molecule has 5 heteroatoms. The molecule has 0 aliphatic carbocycles. The summed E-state index contributed by atoms with van der Waals surface area (Å²) in [6, 6.07) is 28.0. The molecule has 0 spiro atoms. The van der Waals surface area contributed by atoms with Crippen molar-refractivity contribution in [3.05, 3.63) is 118 Å². The second kappa shape index (κ2) is 26.6. The fourth-order valence-corrected chi connectivity index (χ4v) is 14.8. The van der Waals surface area contributed by atoms with E-state index in [0.717, 1.165) is 139 Å². The summed E-state index contributed by atoms with van der Waals surface area (Å²) in [4.78, 5) is 3.56. The van der Waals surface area contributed by atoms with Crippen LogP contribution in [0.5, 0.6) is 0 Å². The number of rotatable bonds is 30. The fourth-order valence-electron chi connectivity index (χ4n) is 8.78. The zero-order valence-corrected chi connectivity index (χ0v) is 40.7. The Hall–Kier alpha value is -2.86. The lowest BCUT2D eigenvalue weighted by atomic mass is 9.95. The van der Waals surface area contributed by atoms with E-state index < -0.39 is 20.4 Å². The van der Waals surface area contributed by atoms with E-state index >= 15 is 8.42 Å². The summed E-state index contributed by atoms with van der Waals surface area (Å²) < 4.78 is 38.4. The van der Waals surface area contributed by atoms with E-state index in [1.54, 1.807) is 12.1 Å². The van der Waals surface area contributed by atoms with Crippen LogP contribution in [-0.4, -0.2) is 8.42 Å². The van der Waals surface area contributed by atoms with Gasteiger partial charge in [-0.05, 0) is 152 Å². The van der Waals surface area contributed by atoms with Crippen molar-refractivity contribution < 1.29 is 12.0 Å². The highest BCUT2D eigenvalue weighted by molar-refractivity contribution is 8.33. The SMILES string of the molecule is CCCCCc1cc(CCCCC)c(S(OS(=O)(=O)c2ccc(C)cc2)(c2ccccc2)c2c(CCCCC)cc(CCCCC)cc2CCCCC)c(CCCCC)c1. The predicted molar refractivity (Wildman–Crippen MR) is 261 cm³/mol. The predicted octanol–water partition coefficient (Wildman–Crippen LogP) is 17.0. The molecule has 4 aromatic rings. The topological polar surface area (TPSA) is 43.4 Å². The summed E-state index contributed by atoms with van der Waals surface area (Å²) in [7, 11) is -7.16. The molecule has 0 aliphatic rings. The van der Waals surface area contributed by atoms with Crippen LogP contribution in [0.3, 0.4) is 0 Å². The maximum atomic E-state index is 15.4. The van der Waals surface area contributed by atoms with Gasteiger partial charge in [-0.15, -0.1) is 0 Å². The van der Waals surface area contributed by atoms with Crippen molar-refractivity contribution in [1.29, 1.82) is 0 Å². The van der Waals surface area contributed by atoms with Gasteiger partial charge in [0.25, 0.3) is 0 Å². The van der Waals surface area contributed by atoms with Crippen molar-refractivity contribution >= 4 is 20.4 Å². The largest absolute Gasteiger partial charge is 0.307 e. The van der Waals surface area contributed by atoms with E-state index in [2.05, 4.69) is 96.1 Å². The first kappa shape index (κ1) is 49.8. The van der Waals surface area contributed by atoms with Gasteiger partial charge in [0, 0.05) is 14.7 Å². The first-order chi connectivity index (χ1) is 29.2. The number of aryl methyl sites for hydroxylation is 7. The third kappa shape index (κ3) is 14.1. The van der Waals surface area contributed by atoms with Crippen LogP contribution in [0.1, 0.15) is 196 Å². The van der Waals surface area contributed by atoms with Crippen LogP contribution in [0.15, 0.2) is 98.4 Å². The molecule has 0 aromatic heterocycles. The fraction of sp³-hybridized carbons (Fsp3) is 0.564. The van der Waals surface area contributed by atoms with Gasteiger partial charge in [-0.25, -0.2) is 3.63 Å². The molecule has 4 aromatic carbocycles. The van der Waals surface area contributed by atoms with Gasteiger partial charge in [0.15, 0.2) is 0 Å². The number of hydrogen-bond donors (Lipinski definition) is 0. The molecule has 4 rings (SSSR count). The Kier molecular flexibility index (Phi) is 22.1. The summed E-state index contributed by atoms with van der Waals surface area (Å²) in [6.07, 6.45) is 26.2. The van der Waals surface area contributed by atoms with Gasteiger partial charge in [-0.1, -0.05) is 179 Å². The molecule has 0 N–H and O–H groups in total. The van der Waals surface area contributed by atoms with Crippen molar-refractivity contribution in [3.8, 4) is 0 Å². The molecule has 0 atom stereocenters. The van der Waals surface area contributed by atoms with Gasteiger partial charge in [-0.2, -0.15) is 8.42 Å². The average Bonchev–Trinajstić information content (AvgIpc) is 3.24. The third-order valence-electron chi connectivity index (χ3n) is 12.1. The number of hydrogen-bond acceptors (Lipinski definition) is 3. The molecule has 0 amide bonds. The maximum absolute atomic E-state index is 15.4. The monoisotopic (exact) mass is 855 g/mol. The normalized spacial score (nSPS) is 12.3. The van der Waals surface area contributed by atoms with E-state index in [0.29, 0.717) is 0 Å². The highest BCUT2D eigenvalue weighted by Crippen LogP contribution is 2.74. The van der Waals surface area contributed by atoms with Gasteiger partial charge in [-0.3, -0.25) is 0 Å². The van der Waals surface area contributed by atoms with Crippen LogP contribution in [0, 0.1) is 6.92 Å². The molecule has 0 saturated heterocycles. The van der Waals surface area contributed by atoms with Crippen LogP contribution >= 0.6 is 10.3 Å². The van der Waals surface area contributed by atoms with Gasteiger partial charge in [0.2, 0.25) is 0 Å². The van der Waals surface area contributed by atoms with Gasteiger partial charge >= 0.3 is 10.1 Å². The second-order valence-corrected chi connectivity index (χ2v) is 21.8. The molecule has 0 fully saturated rings. The van der Waals surface area contributed by atoms with Crippen molar-refractivity contribution in [2.24, 2.45) is 0 Å². The first-order valence-corrected chi connectivity index (χ1v) is 27.4. The Labute approximate surface area is 370 Å². The molecular formula is C55H82O3S2. The smallest absolute Gasteiger partial charge is 0.203 e. The summed E-state index contributed by atoms with van der Waals surface area (Å²) in [5, 5.41) is 0. The lowest BCUT2D eigenvalue weighted by Crippen LogP contribution is -2.21. The van der Waals surface area contributed by atoms with Gasteiger partial charge < -0.3 is 0 Å². The second-order valence-electron chi connectivity index (χ2n) is 17.4. The minimum Gasteiger partial charge on any atom is -0.203 e. The molecule has 0 heterocycles. The van der Waals surface area contributed by atoms with E-state index in [1.807, 2.05) is 19.1 Å². The van der Waals surface area contributed by atoms with E-state index in [4.69, 9.17) is 3.63 Å². The molecule has 3 nitrogen and oxygen atoms in total. The van der Waals surface area contributed by atoms with Gasteiger partial charge in [0.05, 0.1) is 4.90 Å². The molecule has 0 radical (unpaired) electrons. The standard InChI is InChI=1S/C55H82O3S2/c1-8-14-21-29-46-41-48(31-23-16-10-3)54(49(42-46)32-24-17-11-4)59(52-35-27-20-28-36-52,58-60(56,57)53-39-37-45(7)38-40-53)55-50(33-25-18-12-5)43-47(30-22-15-9-2)44-51(55)34-26-19-13-6/h20,27-28,35-44H,8-19,21-26,29-34H2,1-7H3. The maximum Gasteiger partial charge on any atom is 0.307 e. The minimum absolute atomic E-state index is 0.230. The molecule has 332 valence electrons. The Morgan fingerprint density at radius 3 is 1.07 bits per heavy atom. The van der Waals surface area contributed by atoms with Crippen LogP contribution in [0.25, 0.3) is 0 Å². The zero-order chi connectivity index (χ0) is 43.2. The Morgan fingerprint density at radius 1 is 0.400 bits per heavy atom.